The van der Waals surface area contributed by atoms with Crippen LogP contribution in [0.15, 0.2) is 11.6 Å². The SMILES string of the molecule is CCC(CO)(CO)COC(=O)C(C)=CC1CCO1. The molecule has 0 aromatic carbocycles. The van der Waals surface area contributed by atoms with E-state index in [9.17, 15) is 15.0 Å². The number of aliphatic hydroxyl groups excluding tert-OH is 2. The molecular weight excluding hydrogens is 236 g/mol. The topological polar surface area (TPSA) is 76.0 Å². The molecule has 0 amide bonds. The van der Waals surface area contributed by atoms with Crippen molar-refractivity contribution in [3.05, 3.63) is 11.6 Å². The number of aliphatic hydroxyl groups is 2. The van der Waals surface area contributed by atoms with Crippen LogP contribution in [0.25, 0.3) is 0 Å². The van der Waals surface area contributed by atoms with Gasteiger partial charge in [0.05, 0.1) is 31.3 Å². The largest absolute Gasteiger partial charge is 0.462 e. The molecule has 1 saturated heterocycles. The van der Waals surface area contributed by atoms with Gasteiger partial charge in [-0.05, 0) is 19.4 Å². The molecule has 0 spiro atoms. The van der Waals surface area contributed by atoms with Crippen molar-refractivity contribution in [2.75, 3.05) is 26.4 Å². The Morgan fingerprint density at radius 3 is 2.50 bits per heavy atom. The molecule has 5 nitrogen and oxygen atoms in total. The molecule has 1 aliphatic rings. The quantitative estimate of drug-likeness (QED) is 0.518. The highest BCUT2D eigenvalue weighted by Crippen LogP contribution is 2.21. The third kappa shape index (κ3) is 3.80. The van der Waals surface area contributed by atoms with E-state index in [1.807, 2.05) is 6.92 Å². The fraction of sp³-hybridized carbons (Fsp3) is 0.769. The van der Waals surface area contributed by atoms with Gasteiger partial charge in [0.2, 0.25) is 0 Å². The van der Waals surface area contributed by atoms with Crippen LogP contribution in [0.4, 0.5) is 0 Å². The lowest BCUT2D eigenvalue weighted by Crippen LogP contribution is -2.35. The van der Waals surface area contributed by atoms with E-state index in [1.54, 1.807) is 13.0 Å². The van der Waals surface area contributed by atoms with Crippen molar-refractivity contribution in [3.63, 3.8) is 0 Å². The zero-order chi connectivity index (χ0) is 13.6. The van der Waals surface area contributed by atoms with Gasteiger partial charge in [-0.15, -0.1) is 0 Å². The molecule has 2 N–H and O–H groups in total. The van der Waals surface area contributed by atoms with Gasteiger partial charge in [0.15, 0.2) is 0 Å². The molecule has 18 heavy (non-hydrogen) atoms. The maximum absolute atomic E-state index is 11.7. The first-order valence-corrected chi connectivity index (χ1v) is 6.26. The molecule has 1 fully saturated rings. The number of ether oxygens (including phenoxy) is 2. The van der Waals surface area contributed by atoms with Gasteiger partial charge in [0.25, 0.3) is 0 Å². The average Bonchev–Trinajstić information content (AvgIpc) is 2.35. The molecule has 0 radical (unpaired) electrons. The molecule has 1 unspecified atom stereocenters. The molecule has 5 heteroatoms. The van der Waals surface area contributed by atoms with E-state index in [1.165, 1.54) is 0 Å². The molecule has 104 valence electrons. The van der Waals surface area contributed by atoms with E-state index >= 15 is 0 Å². The Bertz CT molecular complexity index is 294. The van der Waals surface area contributed by atoms with Crippen molar-refractivity contribution in [2.45, 2.75) is 32.8 Å². The Balaban J connectivity index is 2.46. The number of carbonyl (C=O) groups excluding carboxylic acids is 1. The molecule has 1 atom stereocenters. The van der Waals surface area contributed by atoms with Crippen LogP contribution in [0.1, 0.15) is 26.7 Å². The smallest absolute Gasteiger partial charge is 0.333 e. The molecule has 0 aliphatic carbocycles. The second-order valence-corrected chi connectivity index (χ2v) is 4.79. The monoisotopic (exact) mass is 258 g/mol. The standard InChI is InChI=1S/C13H22O5/c1-3-13(7-14,8-15)9-18-12(16)10(2)6-11-4-5-17-11/h6,11,14-15H,3-5,7-9H2,1-2H3. The normalized spacial score (nSPS) is 20.4. The third-order valence-electron chi connectivity index (χ3n) is 3.42. The fourth-order valence-corrected chi connectivity index (χ4v) is 1.53. The Morgan fingerprint density at radius 1 is 1.50 bits per heavy atom. The number of hydrogen-bond donors (Lipinski definition) is 2. The number of rotatable bonds is 7. The summed E-state index contributed by atoms with van der Waals surface area (Å²) in [7, 11) is 0. The van der Waals surface area contributed by atoms with E-state index in [4.69, 9.17) is 9.47 Å². The molecule has 0 bridgehead atoms. The molecule has 1 heterocycles. The van der Waals surface area contributed by atoms with Crippen molar-refractivity contribution >= 4 is 5.97 Å². The molecule has 0 aromatic heterocycles. The van der Waals surface area contributed by atoms with Gasteiger partial charge in [0, 0.05) is 12.0 Å². The van der Waals surface area contributed by atoms with Crippen molar-refractivity contribution in [2.24, 2.45) is 5.41 Å². The summed E-state index contributed by atoms with van der Waals surface area (Å²) < 4.78 is 10.3. The first-order chi connectivity index (χ1) is 8.56. The maximum atomic E-state index is 11.7. The van der Waals surface area contributed by atoms with Crippen LogP contribution in [0.2, 0.25) is 0 Å². The lowest BCUT2D eigenvalue weighted by atomic mass is 9.88. The zero-order valence-electron chi connectivity index (χ0n) is 11.0. The predicted octanol–water partition coefficient (Wildman–Crippen LogP) is 0.646. The van der Waals surface area contributed by atoms with Crippen molar-refractivity contribution in [1.29, 1.82) is 0 Å². The summed E-state index contributed by atoms with van der Waals surface area (Å²) in [6.07, 6.45) is 3.24. The predicted molar refractivity (Wildman–Crippen MR) is 66.0 cm³/mol. The maximum Gasteiger partial charge on any atom is 0.333 e. The summed E-state index contributed by atoms with van der Waals surface area (Å²) >= 11 is 0. The Hall–Kier alpha value is -0.910. The number of hydrogen-bond acceptors (Lipinski definition) is 5. The lowest BCUT2D eigenvalue weighted by Gasteiger charge is -2.28. The molecular formula is C13H22O5. The first-order valence-electron chi connectivity index (χ1n) is 6.26. The van der Waals surface area contributed by atoms with Crippen LogP contribution in [-0.4, -0.2) is 48.7 Å². The van der Waals surface area contributed by atoms with Crippen LogP contribution in [-0.2, 0) is 14.3 Å². The first kappa shape index (κ1) is 15.1. The van der Waals surface area contributed by atoms with Gasteiger partial charge < -0.3 is 19.7 Å². The Kier molecular flexibility index (Phi) is 5.78. The van der Waals surface area contributed by atoms with Crippen LogP contribution in [0, 0.1) is 5.41 Å². The van der Waals surface area contributed by atoms with E-state index in [-0.39, 0.29) is 25.9 Å². The highest BCUT2D eigenvalue weighted by Gasteiger charge is 2.29. The molecule has 0 aromatic rings. The van der Waals surface area contributed by atoms with Crippen molar-refractivity contribution in [3.8, 4) is 0 Å². The minimum absolute atomic E-state index is 0.0177. The minimum Gasteiger partial charge on any atom is -0.462 e. The second-order valence-electron chi connectivity index (χ2n) is 4.79. The molecule has 0 saturated carbocycles. The Labute approximate surface area is 107 Å². The van der Waals surface area contributed by atoms with E-state index < -0.39 is 11.4 Å². The van der Waals surface area contributed by atoms with Gasteiger partial charge in [-0.25, -0.2) is 4.79 Å². The van der Waals surface area contributed by atoms with Crippen LogP contribution in [0.3, 0.4) is 0 Å². The Morgan fingerprint density at radius 2 is 2.11 bits per heavy atom. The fourth-order valence-electron chi connectivity index (χ4n) is 1.53. The summed E-state index contributed by atoms with van der Waals surface area (Å²) in [4.78, 5) is 11.7. The number of esters is 1. The molecule has 1 rings (SSSR count). The van der Waals surface area contributed by atoms with Gasteiger partial charge in [-0.1, -0.05) is 6.92 Å². The van der Waals surface area contributed by atoms with Gasteiger partial charge >= 0.3 is 5.97 Å². The summed E-state index contributed by atoms with van der Waals surface area (Å²) in [6, 6.07) is 0. The second kappa shape index (κ2) is 6.87. The van der Waals surface area contributed by atoms with Crippen LogP contribution < -0.4 is 0 Å². The van der Waals surface area contributed by atoms with E-state index in [0.29, 0.717) is 12.0 Å². The third-order valence-corrected chi connectivity index (χ3v) is 3.42. The van der Waals surface area contributed by atoms with Crippen LogP contribution >= 0.6 is 0 Å². The van der Waals surface area contributed by atoms with Crippen molar-refractivity contribution in [1.82, 2.24) is 0 Å². The summed E-state index contributed by atoms with van der Waals surface area (Å²) in [5, 5.41) is 18.5. The lowest BCUT2D eigenvalue weighted by molar-refractivity contribution is -0.145. The van der Waals surface area contributed by atoms with E-state index in [0.717, 1.165) is 13.0 Å². The highest BCUT2D eigenvalue weighted by molar-refractivity contribution is 5.87. The molecule has 1 aliphatic heterocycles. The zero-order valence-corrected chi connectivity index (χ0v) is 11.0. The van der Waals surface area contributed by atoms with Crippen molar-refractivity contribution < 1.29 is 24.5 Å². The summed E-state index contributed by atoms with van der Waals surface area (Å²) in [5.41, 5.74) is -0.247. The van der Waals surface area contributed by atoms with Crippen LogP contribution in [0.5, 0.6) is 0 Å². The van der Waals surface area contributed by atoms with Gasteiger partial charge in [0.1, 0.15) is 6.61 Å². The van der Waals surface area contributed by atoms with Gasteiger partial charge in [-0.3, -0.25) is 0 Å². The minimum atomic E-state index is -0.747. The van der Waals surface area contributed by atoms with Gasteiger partial charge in [-0.2, -0.15) is 0 Å². The highest BCUT2D eigenvalue weighted by atomic mass is 16.5. The number of carbonyl (C=O) groups is 1. The summed E-state index contributed by atoms with van der Waals surface area (Å²) in [5.74, 6) is -0.426. The average molecular weight is 258 g/mol. The van der Waals surface area contributed by atoms with E-state index in [2.05, 4.69) is 0 Å². The summed E-state index contributed by atoms with van der Waals surface area (Å²) in [6.45, 7) is 3.85.